The fourth-order valence-electron chi connectivity index (χ4n) is 4.35. The van der Waals surface area contributed by atoms with Crippen molar-refractivity contribution in [3.63, 3.8) is 0 Å². The monoisotopic (exact) mass is 353 g/mol. The SMILES string of the molecule is Cc1cc(C2CCCN2C(=O)CN2CCC(c3ccccc3)CC2)no1. The Labute approximate surface area is 155 Å². The Kier molecular flexibility index (Phi) is 5.07. The Hall–Kier alpha value is -2.14. The van der Waals surface area contributed by atoms with Gasteiger partial charge in [0.2, 0.25) is 5.91 Å². The molecule has 0 spiro atoms. The number of hydrogen-bond acceptors (Lipinski definition) is 4. The van der Waals surface area contributed by atoms with Crippen molar-refractivity contribution in [1.82, 2.24) is 15.0 Å². The van der Waals surface area contributed by atoms with Crippen LogP contribution in [0.25, 0.3) is 0 Å². The molecule has 1 atom stereocenters. The van der Waals surface area contributed by atoms with Gasteiger partial charge in [0.05, 0.1) is 12.6 Å². The Morgan fingerprint density at radius 1 is 1.15 bits per heavy atom. The van der Waals surface area contributed by atoms with E-state index in [0.29, 0.717) is 12.5 Å². The van der Waals surface area contributed by atoms with E-state index in [4.69, 9.17) is 4.52 Å². The molecule has 2 aliphatic heterocycles. The van der Waals surface area contributed by atoms with Gasteiger partial charge in [-0.05, 0) is 57.2 Å². The van der Waals surface area contributed by atoms with E-state index in [9.17, 15) is 4.79 Å². The van der Waals surface area contributed by atoms with Crippen molar-refractivity contribution in [2.24, 2.45) is 0 Å². The molecule has 1 unspecified atom stereocenters. The van der Waals surface area contributed by atoms with Crippen LogP contribution >= 0.6 is 0 Å². The lowest BCUT2D eigenvalue weighted by atomic mass is 9.89. The van der Waals surface area contributed by atoms with Gasteiger partial charge >= 0.3 is 0 Å². The predicted molar refractivity (Wildman–Crippen MR) is 99.8 cm³/mol. The average Bonchev–Trinajstić information content (AvgIpc) is 3.32. The van der Waals surface area contributed by atoms with E-state index in [0.717, 1.165) is 56.8 Å². The standard InChI is InChI=1S/C21H27N3O2/c1-16-14-19(22-26-16)20-8-5-11-24(20)21(25)15-23-12-9-18(10-13-23)17-6-3-2-4-7-17/h2-4,6-7,14,18,20H,5,8-13,15H2,1H3. The summed E-state index contributed by atoms with van der Waals surface area (Å²) in [6.07, 6.45) is 4.28. The lowest BCUT2D eigenvalue weighted by Gasteiger charge is -2.33. The summed E-state index contributed by atoms with van der Waals surface area (Å²) in [5, 5.41) is 4.14. The lowest BCUT2D eigenvalue weighted by molar-refractivity contribution is -0.133. The summed E-state index contributed by atoms with van der Waals surface area (Å²) < 4.78 is 5.21. The number of carbonyl (C=O) groups excluding carboxylic acids is 1. The molecule has 1 amide bonds. The van der Waals surface area contributed by atoms with E-state index >= 15 is 0 Å². The Morgan fingerprint density at radius 3 is 2.62 bits per heavy atom. The van der Waals surface area contributed by atoms with Crippen molar-refractivity contribution < 1.29 is 9.32 Å². The maximum absolute atomic E-state index is 12.9. The molecule has 5 heteroatoms. The molecule has 138 valence electrons. The van der Waals surface area contributed by atoms with Crippen molar-refractivity contribution >= 4 is 5.91 Å². The second-order valence-electron chi connectivity index (χ2n) is 7.57. The second-order valence-corrected chi connectivity index (χ2v) is 7.57. The smallest absolute Gasteiger partial charge is 0.237 e. The number of rotatable bonds is 4. The third-order valence-electron chi connectivity index (χ3n) is 5.78. The van der Waals surface area contributed by atoms with E-state index in [1.165, 1.54) is 5.56 Å². The second kappa shape index (κ2) is 7.62. The van der Waals surface area contributed by atoms with Crippen LogP contribution in [0.3, 0.4) is 0 Å². The van der Waals surface area contributed by atoms with E-state index < -0.39 is 0 Å². The van der Waals surface area contributed by atoms with Crippen LogP contribution in [0.2, 0.25) is 0 Å². The van der Waals surface area contributed by atoms with E-state index in [2.05, 4.69) is 40.4 Å². The minimum absolute atomic E-state index is 0.0850. The Morgan fingerprint density at radius 2 is 1.92 bits per heavy atom. The van der Waals surface area contributed by atoms with E-state index in [-0.39, 0.29) is 11.9 Å². The van der Waals surface area contributed by atoms with E-state index in [1.54, 1.807) is 0 Å². The molecule has 1 aromatic carbocycles. The summed E-state index contributed by atoms with van der Waals surface area (Å²) in [7, 11) is 0. The number of hydrogen-bond donors (Lipinski definition) is 0. The number of benzene rings is 1. The van der Waals surface area contributed by atoms with Crippen LogP contribution in [0.5, 0.6) is 0 Å². The molecule has 3 heterocycles. The van der Waals surface area contributed by atoms with Gasteiger partial charge in [-0.25, -0.2) is 0 Å². The van der Waals surface area contributed by atoms with Crippen LogP contribution in [-0.2, 0) is 4.79 Å². The first-order chi connectivity index (χ1) is 12.7. The topological polar surface area (TPSA) is 49.6 Å². The minimum atomic E-state index is 0.0850. The number of piperidine rings is 1. The van der Waals surface area contributed by atoms with Crippen LogP contribution in [0.15, 0.2) is 40.9 Å². The van der Waals surface area contributed by atoms with Crippen molar-refractivity contribution in [3.05, 3.63) is 53.4 Å². The number of amides is 1. The van der Waals surface area contributed by atoms with Crippen LogP contribution in [-0.4, -0.2) is 47.0 Å². The van der Waals surface area contributed by atoms with Crippen LogP contribution in [0, 0.1) is 6.92 Å². The van der Waals surface area contributed by atoms with Gasteiger partial charge in [-0.3, -0.25) is 9.69 Å². The minimum Gasteiger partial charge on any atom is -0.361 e. The van der Waals surface area contributed by atoms with Gasteiger partial charge in [-0.15, -0.1) is 0 Å². The zero-order valence-electron chi connectivity index (χ0n) is 15.4. The molecule has 0 saturated carbocycles. The molecule has 2 aliphatic rings. The molecule has 2 saturated heterocycles. The van der Waals surface area contributed by atoms with Crippen molar-refractivity contribution in [1.29, 1.82) is 0 Å². The molecule has 0 radical (unpaired) electrons. The van der Waals surface area contributed by atoms with Gasteiger partial charge in [-0.1, -0.05) is 35.5 Å². The third kappa shape index (κ3) is 3.68. The quantitative estimate of drug-likeness (QED) is 0.844. The molecule has 0 N–H and O–H groups in total. The van der Waals surface area contributed by atoms with Gasteiger partial charge in [0.1, 0.15) is 11.5 Å². The number of nitrogens with zero attached hydrogens (tertiary/aromatic N) is 3. The average molecular weight is 353 g/mol. The highest BCUT2D eigenvalue weighted by Crippen LogP contribution is 2.32. The van der Waals surface area contributed by atoms with Gasteiger partial charge in [0.15, 0.2) is 0 Å². The first-order valence-electron chi connectivity index (χ1n) is 9.70. The summed E-state index contributed by atoms with van der Waals surface area (Å²) in [5.41, 5.74) is 2.33. The number of likely N-dealkylation sites (tertiary alicyclic amines) is 2. The fourth-order valence-corrected chi connectivity index (χ4v) is 4.35. The van der Waals surface area contributed by atoms with Gasteiger partial charge in [0, 0.05) is 12.6 Å². The summed E-state index contributed by atoms with van der Waals surface area (Å²) in [4.78, 5) is 17.2. The molecule has 4 rings (SSSR count). The molecular formula is C21H27N3O2. The highest BCUT2D eigenvalue weighted by molar-refractivity contribution is 5.79. The van der Waals surface area contributed by atoms with Crippen LogP contribution < -0.4 is 0 Å². The Bertz CT molecular complexity index is 735. The van der Waals surface area contributed by atoms with Crippen LogP contribution in [0.1, 0.15) is 54.7 Å². The molecule has 2 fully saturated rings. The maximum atomic E-state index is 12.9. The van der Waals surface area contributed by atoms with Crippen molar-refractivity contribution in [2.45, 2.75) is 44.6 Å². The molecule has 26 heavy (non-hydrogen) atoms. The third-order valence-corrected chi connectivity index (χ3v) is 5.78. The number of aryl methyl sites for hydroxylation is 1. The molecule has 0 bridgehead atoms. The summed E-state index contributed by atoms with van der Waals surface area (Å²) in [6.45, 7) is 5.24. The zero-order chi connectivity index (χ0) is 17.9. The normalized spacial score (nSPS) is 22.0. The molecule has 0 aliphatic carbocycles. The first-order valence-corrected chi connectivity index (χ1v) is 9.70. The summed E-state index contributed by atoms with van der Waals surface area (Å²) in [6, 6.07) is 12.8. The highest BCUT2D eigenvalue weighted by atomic mass is 16.5. The lowest BCUT2D eigenvalue weighted by Crippen LogP contribution is -2.43. The molecule has 5 nitrogen and oxygen atoms in total. The largest absolute Gasteiger partial charge is 0.361 e. The number of aromatic nitrogens is 1. The number of carbonyl (C=O) groups is 1. The molecule has 1 aromatic heterocycles. The molecule has 2 aromatic rings. The van der Waals surface area contributed by atoms with Gasteiger partial charge in [-0.2, -0.15) is 0 Å². The zero-order valence-corrected chi connectivity index (χ0v) is 15.4. The van der Waals surface area contributed by atoms with Gasteiger partial charge in [0.25, 0.3) is 0 Å². The fraction of sp³-hybridized carbons (Fsp3) is 0.524. The summed E-state index contributed by atoms with van der Waals surface area (Å²) >= 11 is 0. The van der Waals surface area contributed by atoms with Crippen LogP contribution in [0.4, 0.5) is 0 Å². The van der Waals surface area contributed by atoms with Crippen molar-refractivity contribution in [3.8, 4) is 0 Å². The highest BCUT2D eigenvalue weighted by Gasteiger charge is 2.33. The van der Waals surface area contributed by atoms with Crippen molar-refractivity contribution in [2.75, 3.05) is 26.2 Å². The molecular weight excluding hydrogens is 326 g/mol. The summed E-state index contributed by atoms with van der Waals surface area (Å²) in [5.74, 6) is 1.66. The maximum Gasteiger partial charge on any atom is 0.237 e. The van der Waals surface area contributed by atoms with Gasteiger partial charge < -0.3 is 9.42 Å². The first kappa shape index (κ1) is 17.3. The Balaban J connectivity index is 1.32. The predicted octanol–water partition coefficient (Wildman–Crippen LogP) is 3.53. The van der Waals surface area contributed by atoms with E-state index in [1.807, 2.05) is 17.9 Å².